The van der Waals surface area contributed by atoms with Crippen molar-refractivity contribution in [1.29, 1.82) is 0 Å². The molecule has 0 aliphatic rings. The van der Waals surface area contributed by atoms with Crippen LogP contribution in [-0.4, -0.2) is 53.0 Å². The van der Waals surface area contributed by atoms with Gasteiger partial charge in [-0.15, -0.1) is 5.10 Å². The van der Waals surface area contributed by atoms with Crippen LogP contribution in [0.1, 0.15) is 17.0 Å². The second-order valence-electron chi connectivity index (χ2n) is 7.75. The molecule has 1 amide bonds. The van der Waals surface area contributed by atoms with Crippen LogP contribution in [0.25, 0.3) is 16.6 Å². The van der Waals surface area contributed by atoms with Crippen molar-refractivity contribution in [2.45, 2.75) is 25.4 Å². The molecule has 0 radical (unpaired) electrons. The monoisotopic (exact) mass is 493 g/mol. The van der Waals surface area contributed by atoms with Crippen molar-refractivity contribution >= 4 is 28.6 Å². The number of hydrogen-bond acceptors (Lipinski definition) is 8. The van der Waals surface area contributed by atoms with Gasteiger partial charge in [0, 0.05) is 11.9 Å². The zero-order chi connectivity index (χ0) is 24.9. The number of aromatic nitrogens is 4. The summed E-state index contributed by atoms with van der Waals surface area (Å²) in [5.74, 6) is 1.61. The molecule has 4 aromatic rings. The molecule has 182 valence electrons. The summed E-state index contributed by atoms with van der Waals surface area (Å²) in [6.07, 6.45) is 0. The maximum absolute atomic E-state index is 12.6. The van der Waals surface area contributed by atoms with Crippen LogP contribution in [0.5, 0.6) is 17.2 Å². The Morgan fingerprint density at radius 3 is 2.31 bits per heavy atom. The van der Waals surface area contributed by atoms with Crippen LogP contribution >= 0.6 is 11.8 Å². The first kappa shape index (κ1) is 24.3. The largest absolute Gasteiger partial charge is 0.493 e. The van der Waals surface area contributed by atoms with Gasteiger partial charge in [-0.1, -0.05) is 30.0 Å². The lowest BCUT2D eigenvalue weighted by atomic mass is 10.2. The summed E-state index contributed by atoms with van der Waals surface area (Å²) in [7, 11) is 4.66. The highest BCUT2D eigenvalue weighted by atomic mass is 32.2. The lowest BCUT2D eigenvalue weighted by molar-refractivity contribution is -0.118. The van der Waals surface area contributed by atoms with Gasteiger partial charge in [-0.2, -0.15) is 10.2 Å². The molecule has 35 heavy (non-hydrogen) atoms. The Morgan fingerprint density at radius 2 is 1.69 bits per heavy atom. The van der Waals surface area contributed by atoms with Crippen LogP contribution in [0.4, 0.5) is 0 Å². The Hall–Kier alpha value is -3.79. The van der Waals surface area contributed by atoms with Gasteiger partial charge in [-0.05, 0) is 43.7 Å². The molecule has 2 heterocycles. The molecule has 0 saturated carbocycles. The van der Waals surface area contributed by atoms with Crippen molar-refractivity contribution in [3.8, 4) is 22.9 Å². The minimum Gasteiger partial charge on any atom is -0.493 e. The molecule has 0 aliphatic heterocycles. The Morgan fingerprint density at radius 1 is 1.00 bits per heavy atom. The Bertz CT molecular complexity index is 1330. The van der Waals surface area contributed by atoms with E-state index in [0.29, 0.717) is 28.8 Å². The van der Waals surface area contributed by atoms with E-state index in [4.69, 9.17) is 19.3 Å². The normalized spacial score (nSPS) is 10.9. The summed E-state index contributed by atoms with van der Waals surface area (Å²) >= 11 is 1.31. The van der Waals surface area contributed by atoms with E-state index in [1.165, 1.54) is 11.8 Å². The van der Waals surface area contributed by atoms with Crippen molar-refractivity contribution in [2.75, 3.05) is 27.1 Å². The summed E-state index contributed by atoms with van der Waals surface area (Å²) in [6.45, 7) is 4.24. The van der Waals surface area contributed by atoms with Crippen LogP contribution in [0, 0.1) is 13.8 Å². The van der Waals surface area contributed by atoms with Gasteiger partial charge in [0.05, 0.1) is 44.2 Å². The molecule has 2 aromatic heterocycles. The first-order chi connectivity index (χ1) is 17.0. The molecule has 9 nitrogen and oxygen atoms in total. The van der Waals surface area contributed by atoms with Crippen molar-refractivity contribution in [1.82, 2.24) is 25.3 Å². The predicted octanol–water partition coefficient (Wildman–Crippen LogP) is 3.87. The summed E-state index contributed by atoms with van der Waals surface area (Å²) in [6, 6.07) is 13.5. The lowest BCUT2D eigenvalue weighted by Gasteiger charge is -2.14. The van der Waals surface area contributed by atoms with E-state index in [1.807, 2.05) is 61.0 Å². The summed E-state index contributed by atoms with van der Waals surface area (Å²) in [5, 5.41) is 17.9. The number of rotatable bonds is 9. The molecule has 0 aliphatic carbocycles. The standard InChI is InChI=1S/C25H27N5O4S/c1-15-22-16(2)30(18-9-7-6-8-10-18)29-23(22)25(28-27-15)35-14-21(31)26-13-17-11-19(32-3)24(34-5)20(12-17)33-4/h6-12H,13-14H2,1-5H3,(H,26,31). The fourth-order valence-electron chi connectivity index (χ4n) is 3.84. The molecule has 10 heteroatoms. The van der Waals surface area contributed by atoms with Crippen molar-refractivity contribution in [3.63, 3.8) is 0 Å². The van der Waals surface area contributed by atoms with Crippen LogP contribution in [0.3, 0.4) is 0 Å². The quantitative estimate of drug-likeness (QED) is 0.351. The third kappa shape index (κ3) is 5.02. The molecule has 0 atom stereocenters. The summed E-state index contributed by atoms with van der Waals surface area (Å²) < 4.78 is 18.0. The first-order valence-corrected chi connectivity index (χ1v) is 11.9. The number of carbonyl (C=O) groups excluding carboxylic acids is 1. The van der Waals surface area contributed by atoms with Crippen LogP contribution < -0.4 is 19.5 Å². The predicted molar refractivity (Wildman–Crippen MR) is 135 cm³/mol. The highest BCUT2D eigenvalue weighted by molar-refractivity contribution is 8.00. The molecule has 4 rings (SSSR count). The van der Waals surface area contributed by atoms with Gasteiger partial charge in [0.1, 0.15) is 10.5 Å². The molecule has 1 N–H and O–H groups in total. The topological polar surface area (TPSA) is 100 Å². The summed E-state index contributed by atoms with van der Waals surface area (Å²) in [4.78, 5) is 12.6. The van der Waals surface area contributed by atoms with E-state index < -0.39 is 0 Å². The second kappa shape index (κ2) is 10.6. The number of carbonyl (C=O) groups is 1. The Kier molecular flexibility index (Phi) is 7.40. The number of methoxy groups -OCH3 is 3. The maximum atomic E-state index is 12.6. The number of thioether (sulfide) groups is 1. The van der Waals surface area contributed by atoms with Gasteiger partial charge in [0.15, 0.2) is 11.5 Å². The first-order valence-electron chi connectivity index (χ1n) is 10.9. The molecule has 0 unspecified atom stereocenters. The van der Waals surface area contributed by atoms with E-state index in [9.17, 15) is 4.79 Å². The number of aryl methyl sites for hydroxylation is 2. The highest BCUT2D eigenvalue weighted by Gasteiger charge is 2.18. The third-order valence-electron chi connectivity index (χ3n) is 5.53. The summed E-state index contributed by atoms with van der Waals surface area (Å²) in [5.41, 5.74) is 4.30. The number of hydrogen-bond donors (Lipinski definition) is 1. The maximum Gasteiger partial charge on any atom is 0.230 e. The zero-order valence-electron chi connectivity index (χ0n) is 20.3. The average Bonchev–Trinajstić information content (AvgIpc) is 3.24. The number of ether oxygens (including phenoxy) is 3. The van der Waals surface area contributed by atoms with Crippen LogP contribution in [0.2, 0.25) is 0 Å². The smallest absolute Gasteiger partial charge is 0.230 e. The molecule has 0 saturated heterocycles. The Balaban J connectivity index is 1.48. The minimum absolute atomic E-state index is 0.140. The van der Waals surface area contributed by atoms with E-state index in [2.05, 4.69) is 15.5 Å². The number of nitrogens with one attached hydrogen (secondary N) is 1. The minimum atomic E-state index is -0.140. The van der Waals surface area contributed by atoms with Gasteiger partial charge in [-0.25, -0.2) is 4.68 Å². The van der Waals surface area contributed by atoms with Gasteiger partial charge in [0.25, 0.3) is 0 Å². The van der Waals surface area contributed by atoms with E-state index in [0.717, 1.165) is 33.5 Å². The number of para-hydroxylation sites is 1. The molecule has 2 aromatic carbocycles. The fraction of sp³-hybridized carbons (Fsp3) is 0.280. The van der Waals surface area contributed by atoms with Gasteiger partial charge in [0.2, 0.25) is 11.7 Å². The third-order valence-corrected chi connectivity index (χ3v) is 6.48. The number of nitrogens with zero attached hydrogens (tertiary/aromatic N) is 4. The van der Waals surface area contributed by atoms with E-state index in [-0.39, 0.29) is 11.7 Å². The van der Waals surface area contributed by atoms with Crippen molar-refractivity contribution < 1.29 is 19.0 Å². The molecule has 0 spiro atoms. The molecular formula is C25H27N5O4S. The van der Waals surface area contributed by atoms with Crippen molar-refractivity contribution in [2.24, 2.45) is 0 Å². The number of fused-ring (bicyclic) bond motifs is 1. The zero-order valence-corrected chi connectivity index (χ0v) is 21.1. The average molecular weight is 494 g/mol. The van der Waals surface area contributed by atoms with E-state index >= 15 is 0 Å². The fourth-order valence-corrected chi connectivity index (χ4v) is 4.59. The Labute approximate surface area is 207 Å². The van der Waals surface area contributed by atoms with E-state index in [1.54, 1.807) is 21.3 Å². The number of amides is 1. The second-order valence-corrected chi connectivity index (χ2v) is 8.71. The van der Waals surface area contributed by atoms with Crippen LogP contribution in [0.15, 0.2) is 47.5 Å². The van der Waals surface area contributed by atoms with Crippen molar-refractivity contribution in [3.05, 3.63) is 59.4 Å². The molecule has 0 bridgehead atoms. The molecule has 0 fully saturated rings. The molecular weight excluding hydrogens is 466 g/mol. The van der Waals surface area contributed by atoms with Gasteiger partial charge < -0.3 is 19.5 Å². The SMILES string of the molecule is COc1cc(CNC(=O)CSc2nnc(C)c3c(C)n(-c4ccccc4)nc23)cc(OC)c1OC. The highest BCUT2D eigenvalue weighted by Crippen LogP contribution is 2.38. The van der Waals surface area contributed by atoms with Gasteiger partial charge in [-0.3, -0.25) is 4.79 Å². The lowest BCUT2D eigenvalue weighted by Crippen LogP contribution is -2.24. The number of benzene rings is 2. The van der Waals surface area contributed by atoms with Crippen LogP contribution in [-0.2, 0) is 11.3 Å². The van der Waals surface area contributed by atoms with Gasteiger partial charge >= 0.3 is 0 Å².